The average Bonchev–Trinajstić information content (AvgIpc) is 3.21. The van der Waals surface area contributed by atoms with Gasteiger partial charge in [0.1, 0.15) is 0 Å². The Morgan fingerprint density at radius 3 is 2.41 bits per heavy atom. The smallest absolute Gasteiger partial charge is 0.263 e. The second kappa shape index (κ2) is 14.8. The topological polar surface area (TPSA) is 102 Å². The molecule has 0 unspecified atom stereocenters. The molecule has 0 spiro atoms. The number of aryl methyl sites for hydroxylation is 2. The fraction of sp³-hybridized carbons (Fsp3) is 0.441. The van der Waals surface area contributed by atoms with Crippen molar-refractivity contribution < 1.29 is 19.2 Å². The summed E-state index contributed by atoms with van der Waals surface area (Å²) < 4.78 is 2.71. The molecule has 0 N–H and O–H groups in total. The second-order valence-corrected chi connectivity index (χ2v) is 14.6. The number of aromatic nitrogens is 2. The maximum absolute atomic E-state index is 13.4. The molecule has 2 saturated heterocycles. The van der Waals surface area contributed by atoms with E-state index in [9.17, 15) is 14.8 Å². The van der Waals surface area contributed by atoms with Gasteiger partial charge in [-0.15, -0.1) is 0 Å². The molecule has 0 bridgehead atoms. The SMILES string of the molecule is O=C(CO/N=C/c1cc[n+]([O-])cc1)N1CCC(CC(=O)N2CCC([C@H]3c4ncc(Br)cc4CCc4cc(Cl)cc(Br)c43)CC2)CC1. The molecule has 1 aliphatic carbocycles. The number of halogens is 3. The molecular formula is C34H36Br2ClN5O4. The standard InChI is InChI=1S/C34H36Br2ClN5O4/c35-27-16-26-2-1-25-17-28(37)18-29(36)32(25)33(34(26)38-20-27)24-7-11-40(12-8-24)30(43)15-22-3-9-41(10-4-22)31(44)21-46-39-19-23-5-13-42(45)14-6-23/h5-6,13-14,16-20,22,24,33H,1-4,7-12,15,21H2/b39-19+/t33-/m1/s1. The molecule has 2 aliphatic heterocycles. The number of pyridine rings is 2. The Morgan fingerprint density at radius 1 is 1.00 bits per heavy atom. The minimum Gasteiger partial charge on any atom is -0.619 e. The van der Waals surface area contributed by atoms with Gasteiger partial charge in [0.2, 0.25) is 5.91 Å². The van der Waals surface area contributed by atoms with Crippen LogP contribution in [0.15, 0.2) is 63.0 Å². The third kappa shape index (κ3) is 7.74. The molecule has 1 aromatic carbocycles. The van der Waals surface area contributed by atoms with Gasteiger partial charge in [0.25, 0.3) is 5.91 Å². The number of piperidine rings is 2. The first-order chi connectivity index (χ1) is 22.2. The van der Waals surface area contributed by atoms with E-state index in [1.54, 1.807) is 17.0 Å². The van der Waals surface area contributed by atoms with Crippen LogP contribution in [0.2, 0.25) is 5.02 Å². The van der Waals surface area contributed by atoms with Crippen LogP contribution in [0, 0.1) is 17.0 Å². The molecule has 242 valence electrons. The highest BCUT2D eigenvalue weighted by Gasteiger charge is 2.37. The number of hydrogen-bond donors (Lipinski definition) is 0. The summed E-state index contributed by atoms with van der Waals surface area (Å²) in [4.78, 5) is 40.0. The predicted octanol–water partition coefficient (Wildman–Crippen LogP) is 6.04. The van der Waals surface area contributed by atoms with Crippen molar-refractivity contribution in [3.05, 3.63) is 96.0 Å². The summed E-state index contributed by atoms with van der Waals surface area (Å²) in [6, 6.07) is 9.52. The molecule has 1 atom stereocenters. The predicted molar refractivity (Wildman–Crippen MR) is 183 cm³/mol. The van der Waals surface area contributed by atoms with Gasteiger partial charge in [-0.2, -0.15) is 4.73 Å². The van der Waals surface area contributed by atoms with Gasteiger partial charge in [-0.05, 0) is 101 Å². The minimum atomic E-state index is -0.143. The van der Waals surface area contributed by atoms with Crippen LogP contribution in [-0.4, -0.2) is 65.6 Å². The number of benzene rings is 1. The zero-order valence-corrected chi connectivity index (χ0v) is 29.3. The van der Waals surface area contributed by atoms with Crippen LogP contribution >= 0.6 is 43.5 Å². The van der Waals surface area contributed by atoms with Gasteiger partial charge in [0, 0.05) is 76.4 Å². The first-order valence-corrected chi connectivity index (χ1v) is 17.7. The number of rotatable bonds is 7. The van der Waals surface area contributed by atoms with Gasteiger partial charge in [0.05, 0.1) is 11.9 Å². The Hall–Kier alpha value is -3.02. The summed E-state index contributed by atoms with van der Waals surface area (Å²) in [6.45, 7) is 2.55. The zero-order valence-electron chi connectivity index (χ0n) is 25.4. The second-order valence-electron chi connectivity index (χ2n) is 12.4. The molecule has 46 heavy (non-hydrogen) atoms. The number of carbonyl (C=O) groups excluding carboxylic acids is 2. The average molecular weight is 774 g/mol. The fourth-order valence-electron chi connectivity index (χ4n) is 7.07. The molecule has 9 nitrogen and oxygen atoms in total. The number of hydrogen-bond acceptors (Lipinski definition) is 6. The molecule has 2 fully saturated rings. The van der Waals surface area contributed by atoms with Gasteiger partial charge >= 0.3 is 0 Å². The third-order valence-corrected chi connectivity index (χ3v) is 10.8. The number of carbonyl (C=O) groups is 2. The Bertz CT molecular complexity index is 1610. The molecule has 3 aromatic rings. The zero-order chi connectivity index (χ0) is 32.2. The third-order valence-electron chi connectivity index (χ3n) is 9.50. The number of oxime groups is 1. The van der Waals surface area contributed by atoms with Crippen molar-refractivity contribution >= 4 is 61.5 Å². The van der Waals surface area contributed by atoms with E-state index in [4.69, 9.17) is 21.4 Å². The van der Waals surface area contributed by atoms with Crippen LogP contribution in [-0.2, 0) is 27.3 Å². The first-order valence-electron chi connectivity index (χ1n) is 15.8. The highest BCUT2D eigenvalue weighted by molar-refractivity contribution is 9.10. The molecule has 2 aromatic heterocycles. The van der Waals surface area contributed by atoms with Gasteiger partial charge in [0.15, 0.2) is 19.0 Å². The molecule has 0 radical (unpaired) electrons. The number of fused-ring (bicyclic) bond motifs is 2. The van der Waals surface area contributed by atoms with Crippen molar-refractivity contribution in [3.8, 4) is 0 Å². The highest BCUT2D eigenvalue weighted by Crippen LogP contribution is 2.46. The monoisotopic (exact) mass is 771 g/mol. The van der Waals surface area contributed by atoms with Gasteiger partial charge in [-0.1, -0.05) is 32.7 Å². The maximum Gasteiger partial charge on any atom is 0.263 e. The van der Waals surface area contributed by atoms with E-state index in [0.29, 0.717) is 35.7 Å². The van der Waals surface area contributed by atoms with Crippen LogP contribution < -0.4 is 4.73 Å². The molecule has 12 heteroatoms. The van der Waals surface area contributed by atoms with Crippen LogP contribution in [0.5, 0.6) is 0 Å². The summed E-state index contributed by atoms with van der Waals surface area (Å²) in [5.74, 6) is 0.862. The first kappa shape index (κ1) is 32.9. The lowest BCUT2D eigenvalue weighted by atomic mass is 9.76. The summed E-state index contributed by atoms with van der Waals surface area (Å²) in [5.41, 5.74) is 5.68. The van der Waals surface area contributed by atoms with Crippen molar-refractivity contribution in [3.63, 3.8) is 0 Å². The largest absolute Gasteiger partial charge is 0.619 e. The van der Waals surface area contributed by atoms with E-state index < -0.39 is 0 Å². The van der Waals surface area contributed by atoms with Crippen molar-refractivity contribution in [2.45, 2.75) is 50.9 Å². The lowest BCUT2D eigenvalue weighted by molar-refractivity contribution is -0.605. The fourth-order valence-corrected chi connectivity index (χ4v) is 8.57. The van der Waals surface area contributed by atoms with Gasteiger partial charge in [-0.3, -0.25) is 14.6 Å². The van der Waals surface area contributed by atoms with Crippen LogP contribution in [0.4, 0.5) is 0 Å². The quantitative estimate of drug-likeness (QED) is 0.126. The maximum atomic E-state index is 13.4. The summed E-state index contributed by atoms with van der Waals surface area (Å²) >= 11 is 13.9. The van der Waals surface area contributed by atoms with E-state index >= 15 is 0 Å². The van der Waals surface area contributed by atoms with Crippen molar-refractivity contribution in [2.24, 2.45) is 17.0 Å². The molecule has 2 amide bonds. The van der Waals surface area contributed by atoms with Crippen molar-refractivity contribution in [1.82, 2.24) is 14.8 Å². The minimum absolute atomic E-state index is 0.119. The Labute approximate surface area is 290 Å². The van der Waals surface area contributed by atoms with Crippen molar-refractivity contribution in [2.75, 3.05) is 32.8 Å². The molecule has 0 saturated carbocycles. The highest BCUT2D eigenvalue weighted by atomic mass is 79.9. The molecular weight excluding hydrogens is 738 g/mol. The van der Waals surface area contributed by atoms with E-state index in [-0.39, 0.29) is 30.3 Å². The summed E-state index contributed by atoms with van der Waals surface area (Å²) in [5, 5.41) is 15.7. The van der Waals surface area contributed by atoms with Crippen LogP contribution in [0.3, 0.4) is 0 Å². The van der Waals surface area contributed by atoms with Gasteiger partial charge in [-0.25, -0.2) is 0 Å². The number of nitrogens with zero attached hydrogens (tertiary/aromatic N) is 5. The normalized spacial score (nSPS) is 19.1. The molecule has 3 aliphatic rings. The van der Waals surface area contributed by atoms with E-state index in [0.717, 1.165) is 71.3 Å². The summed E-state index contributed by atoms with van der Waals surface area (Å²) in [7, 11) is 0. The van der Waals surface area contributed by atoms with E-state index in [1.807, 2.05) is 17.2 Å². The Kier molecular flexibility index (Phi) is 10.6. The van der Waals surface area contributed by atoms with Crippen LogP contribution in [0.25, 0.3) is 0 Å². The van der Waals surface area contributed by atoms with Gasteiger partial charge < -0.3 is 19.8 Å². The number of likely N-dealkylation sites (tertiary alicyclic amines) is 2. The Morgan fingerprint density at radius 2 is 1.67 bits per heavy atom. The lowest BCUT2D eigenvalue weighted by Crippen LogP contribution is -2.43. The van der Waals surface area contributed by atoms with Crippen LogP contribution in [0.1, 0.15) is 66.0 Å². The number of amides is 2. The van der Waals surface area contributed by atoms with E-state index in [1.165, 1.54) is 35.3 Å². The van der Waals surface area contributed by atoms with E-state index in [2.05, 4.69) is 49.1 Å². The molecule has 6 rings (SSSR count). The Balaban J connectivity index is 1.000. The summed E-state index contributed by atoms with van der Waals surface area (Å²) in [6.07, 6.45) is 11.9. The lowest BCUT2D eigenvalue weighted by Gasteiger charge is -2.38. The van der Waals surface area contributed by atoms with Crippen molar-refractivity contribution in [1.29, 1.82) is 0 Å². The molecule has 4 heterocycles.